The molecule has 2 N–H and O–H groups in total. The van der Waals surface area contributed by atoms with E-state index in [1.807, 2.05) is 19.2 Å². The largest absolute Gasteiger partial charge is 0.391 e. The van der Waals surface area contributed by atoms with Crippen molar-refractivity contribution in [2.75, 3.05) is 6.54 Å². The lowest BCUT2D eigenvalue weighted by Gasteiger charge is -2.30. The van der Waals surface area contributed by atoms with Crippen LogP contribution in [0.1, 0.15) is 23.7 Å². The Bertz CT molecular complexity index is 441. The zero-order chi connectivity index (χ0) is 12.3. The van der Waals surface area contributed by atoms with Crippen LogP contribution in [0, 0.1) is 0 Å². The summed E-state index contributed by atoms with van der Waals surface area (Å²) in [5, 5.41) is 6.77. The van der Waals surface area contributed by atoms with Crippen LogP contribution >= 0.6 is 11.6 Å². The fraction of sp³-hybridized carbons (Fsp3) is 0.308. The molecule has 0 fully saturated rings. The fourth-order valence-electron chi connectivity index (χ4n) is 1.78. The molecule has 1 unspecified atom stereocenters. The molecular weight excluding hydrogens is 236 g/mol. The van der Waals surface area contributed by atoms with Gasteiger partial charge in [-0.15, -0.1) is 0 Å². The van der Waals surface area contributed by atoms with Gasteiger partial charge in [0.05, 0.1) is 5.54 Å². The summed E-state index contributed by atoms with van der Waals surface area (Å²) >= 11 is 5.78. The van der Waals surface area contributed by atoms with Crippen molar-refractivity contribution < 1.29 is 4.79 Å². The lowest BCUT2D eigenvalue weighted by molar-refractivity contribution is 0.0918. The summed E-state index contributed by atoms with van der Waals surface area (Å²) in [6, 6.07) is 6.89. The monoisotopic (exact) mass is 250 g/mol. The molecule has 2 rings (SSSR count). The van der Waals surface area contributed by atoms with Crippen molar-refractivity contribution in [2.45, 2.75) is 18.9 Å². The molecule has 0 radical (unpaired) electrons. The van der Waals surface area contributed by atoms with E-state index in [4.69, 9.17) is 11.6 Å². The second-order valence-corrected chi connectivity index (χ2v) is 4.85. The third-order valence-corrected chi connectivity index (χ3v) is 3.12. The molecule has 0 aromatic heterocycles. The van der Waals surface area contributed by atoms with Crippen molar-refractivity contribution in [3.63, 3.8) is 0 Å². The first-order valence-corrected chi connectivity index (χ1v) is 5.96. The van der Waals surface area contributed by atoms with Crippen molar-refractivity contribution in [2.24, 2.45) is 0 Å². The smallest absolute Gasteiger partial charge is 0.251 e. The van der Waals surface area contributed by atoms with Gasteiger partial charge in [-0.2, -0.15) is 0 Å². The minimum absolute atomic E-state index is 0.0734. The van der Waals surface area contributed by atoms with E-state index in [0.29, 0.717) is 10.6 Å². The molecule has 3 nitrogen and oxygen atoms in total. The highest BCUT2D eigenvalue weighted by Gasteiger charge is 2.25. The van der Waals surface area contributed by atoms with Gasteiger partial charge in [0.15, 0.2) is 0 Å². The highest BCUT2D eigenvalue weighted by Crippen LogP contribution is 2.16. The Morgan fingerprint density at radius 1 is 1.41 bits per heavy atom. The van der Waals surface area contributed by atoms with Gasteiger partial charge in [-0.3, -0.25) is 4.79 Å². The van der Waals surface area contributed by atoms with Crippen molar-refractivity contribution in [3.05, 3.63) is 47.1 Å². The number of rotatable bonds is 2. The molecule has 1 amide bonds. The predicted octanol–water partition coefficient (Wildman–Crippen LogP) is 2.34. The highest BCUT2D eigenvalue weighted by molar-refractivity contribution is 6.30. The topological polar surface area (TPSA) is 41.1 Å². The van der Waals surface area contributed by atoms with E-state index < -0.39 is 0 Å². The SMILES string of the molecule is CC1(NC(=O)c2ccc(Cl)cc2)C=CNCC1. The molecule has 1 atom stereocenters. The van der Waals surface area contributed by atoms with Crippen LogP contribution in [-0.4, -0.2) is 18.0 Å². The molecule has 0 saturated carbocycles. The summed E-state index contributed by atoms with van der Waals surface area (Å²) in [6.07, 6.45) is 4.73. The normalized spacial score (nSPS) is 22.9. The van der Waals surface area contributed by atoms with Gasteiger partial charge in [0.25, 0.3) is 5.91 Å². The average Bonchev–Trinajstić information content (AvgIpc) is 2.30. The molecule has 1 aromatic carbocycles. The number of hydrogen-bond acceptors (Lipinski definition) is 2. The third-order valence-electron chi connectivity index (χ3n) is 2.86. The van der Waals surface area contributed by atoms with Gasteiger partial charge in [-0.25, -0.2) is 0 Å². The van der Waals surface area contributed by atoms with Crippen LogP contribution in [0.15, 0.2) is 36.5 Å². The van der Waals surface area contributed by atoms with E-state index in [1.165, 1.54) is 0 Å². The van der Waals surface area contributed by atoms with E-state index in [-0.39, 0.29) is 11.4 Å². The Balaban J connectivity index is 2.08. The first kappa shape index (κ1) is 12.0. The van der Waals surface area contributed by atoms with Crippen LogP contribution in [0.2, 0.25) is 5.02 Å². The number of halogens is 1. The molecule has 4 heteroatoms. The van der Waals surface area contributed by atoms with Gasteiger partial charge in [-0.1, -0.05) is 11.6 Å². The van der Waals surface area contributed by atoms with E-state index in [0.717, 1.165) is 13.0 Å². The van der Waals surface area contributed by atoms with Crippen LogP contribution in [0.3, 0.4) is 0 Å². The summed E-state index contributed by atoms with van der Waals surface area (Å²) in [6.45, 7) is 2.88. The van der Waals surface area contributed by atoms with Crippen LogP contribution in [-0.2, 0) is 0 Å². The molecular formula is C13H15ClN2O. The Kier molecular flexibility index (Phi) is 3.38. The molecule has 0 saturated heterocycles. The number of carbonyl (C=O) groups excluding carboxylic acids is 1. The second kappa shape index (κ2) is 4.80. The van der Waals surface area contributed by atoms with Crippen LogP contribution in [0.25, 0.3) is 0 Å². The van der Waals surface area contributed by atoms with E-state index in [2.05, 4.69) is 10.6 Å². The van der Waals surface area contributed by atoms with Crippen molar-refractivity contribution in [1.82, 2.24) is 10.6 Å². The number of nitrogens with one attached hydrogen (secondary N) is 2. The maximum absolute atomic E-state index is 12.0. The summed E-state index contributed by atoms with van der Waals surface area (Å²) in [4.78, 5) is 12.0. The van der Waals surface area contributed by atoms with Gasteiger partial charge >= 0.3 is 0 Å². The van der Waals surface area contributed by atoms with Gasteiger partial charge in [0, 0.05) is 17.1 Å². The first-order chi connectivity index (χ1) is 8.09. The summed E-state index contributed by atoms with van der Waals surface area (Å²) in [5.41, 5.74) is 0.352. The molecule has 0 spiro atoms. The van der Waals surface area contributed by atoms with Crippen molar-refractivity contribution >= 4 is 17.5 Å². The highest BCUT2D eigenvalue weighted by atomic mass is 35.5. The van der Waals surface area contributed by atoms with E-state index >= 15 is 0 Å². The molecule has 1 aliphatic rings. The zero-order valence-corrected chi connectivity index (χ0v) is 10.4. The molecule has 1 aliphatic heterocycles. The minimum Gasteiger partial charge on any atom is -0.391 e. The summed E-state index contributed by atoms with van der Waals surface area (Å²) in [7, 11) is 0. The standard InChI is InChI=1S/C13H15ClN2O/c1-13(6-8-15-9-7-13)16-12(17)10-2-4-11(14)5-3-10/h2-6,8,15H,7,9H2,1H3,(H,16,17). The van der Waals surface area contributed by atoms with Crippen LogP contribution < -0.4 is 10.6 Å². The molecule has 90 valence electrons. The molecule has 0 bridgehead atoms. The summed E-state index contributed by atoms with van der Waals surface area (Å²) < 4.78 is 0. The van der Waals surface area contributed by atoms with Crippen LogP contribution in [0.4, 0.5) is 0 Å². The lowest BCUT2D eigenvalue weighted by atomic mass is 9.95. The summed E-state index contributed by atoms with van der Waals surface area (Å²) in [5.74, 6) is -0.0734. The predicted molar refractivity (Wildman–Crippen MR) is 69.1 cm³/mol. The van der Waals surface area contributed by atoms with E-state index in [1.54, 1.807) is 24.3 Å². The molecule has 0 aliphatic carbocycles. The average molecular weight is 251 g/mol. The second-order valence-electron chi connectivity index (χ2n) is 4.42. The Hall–Kier alpha value is -1.48. The van der Waals surface area contributed by atoms with Crippen molar-refractivity contribution in [1.29, 1.82) is 0 Å². The number of hydrogen-bond donors (Lipinski definition) is 2. The number of amides is 1. The van der Waals surface area contributed by atoms with Gasteiger partial charge in [0.2, 0.25) is 0 Å². The number of carbonyl (C=O) groups is 1. The molecule has 17 heavy (non-hydrogen) atoms. The van der Waals surface area contributed by atoms with Gasteiger partial charge in [0.1, 0.15) is 0 Å². The van der Waals surface area contributed by atoms with Crippen molar-refractivity contribution in [3.8, 4) is 0 Å². The van der Waals surface area contributed by atoms with E-state index in [9.17, 15) is 4.79 Å². The maximum Gasteiger partial charge on any atom is 0.251 e. The fourth-order valence-corrected chi connectivity index (χ4v) is 1.90. The Morgan fingerprint density at radius 3 is 2.71 bits per heavy atom. The molecule has 1 heterocycles. The first-order valence-electron chi connectivity index (χ1n) is 5.58. The Morgan fingerprint density at radius 2 is 2.12 bits per heavy atom. The quantitative estimate of drug-likeness (QED) is 0.846. The van der Waals surface area contributed by atoms with Gasteiger partial charge < -0.3 is 10.6 Å². The zero-order valence-electron chi connectivity index (χ0n) is 9.66. The lowest BCUT2D eigenvalue weighted by Crippen LogP contribution is -2.47. The van der Waals surface area contributed by atoms with Gasteiger partial charge in [-0.05, 0) is 49.9 Å². The number of benzene rings is 1. The molecule has 1 aromatic rings. The van der Waals surface area contributed by atoms with Crippen LogP contribution in [0.5, 0.6) is 0 Å². The maximum atomic E-state index is 12.0. The third kappa shape index (κ3) is 3.01. The Labute approximate surface area is 106 Å². The minimum atomic E-state index is -0.276.